The Hall–Kier alpha value is -0.950. The largest absolute Gasteiger partial charge is 0.446 e. The quantitative estimate of drug-likeness (QED) is 0.461. The van der Waals surface area contributed by atoms with E-state index in [4.69, 9.17) is 11.6 Å². The molecular formula is C8H5ClF3NO2S. The zero-order valence-corrected chi connectivity index (χ0v) is 9.41. The second kappa shape index (κ2) is 4.50. The first-order chi connectivity index (χ1) is 7.20. The van der Waals surface area contributed by atoms with Crippen molar-refractivity contribution in [2.45, 2.75) is 17.3 Å². The van der Waals surface area contributed by atoms with Gasteiger partial charge in [-0.1, -0.05) is 11.6 Å². The van der Waals surface area contributed by atoms with Crippen molar-refractivity contribution in [2.75, 3.05) is 0 Å². The number of aryl methyl sites for hydroxylation is 1. The van der Waals surface area contributed by atoms with Gasteiger partial charge in [-0.2, -0.15) is 13.2 Å². The van der Waals surface area contributed by atoms with Gasteiger partial charge in [-0.3, -0.25) is 10.1 Å². The smallest absolute Gasteiger partial charge is 0.258 e. The van der Waals surface area contributed by atoms with Gasteiger partial charge < -0.3 is 0 Å². The van der Waals surface area contributed by atoms with Crippen LogP contribution in [-0.2, 0) is 0 Å². The molecule has 0 aromatic heterocycles. The molecule has 0 N–H and O–H groups in total. The van der Waals surface area contributed by atoms with E-state index in [0.29, 0.717) is 5.56 Å². The van der Waals surface area contributed by atoms with E-state index in [1.165, 1.54) is 6.92 Å². The van der Waals surface area contributed by atoms with Crippen molar-refractivity contribution in [3.8, 4) is 0 Å². The summed E-state index contributed by atoms with van der Waals surface area (Å²) in [4.78, 5) is 9.19. The van der Waals surface area contributed by atoms with Crippen LogP contribution < -0.4 is 0 Å². The minimum absolute atomic E-state index is 0.0678. The number of halogens is 4. The normalized spacial score (nSPS) is 11.6. The molecule has 0 unspecified atom stereocenters. The van der Waals surface area contributed by atoms with E-state index in [1.54, 1.807) is 0 Å². The predicted octanol–water partition coefficient (Wildman–Crippen LogP) is 4.17. The third-order valence-electron chi connectivity index (χ3n) is 1.66. The molecule has 0 saturated carbocycles. The number of alkyl halides is 3. The SMILES string of the molecule is Cc1cc(SC(F)(F)F)c([N+](=O)[O-])cc1Cl. The van der Waals surface area contributed by atoms with Crippen LogP contribution in [0.25, 0.3) is 0 Å². The summed E-state index contributed by atoms with van der Waals surface area (Å²) < 4.78 is 36.4. The molecule has 0 aliphatic carbocycles. The molecule has 0 spiro atoms. The van der Waals surface area contributed by atoms with Gasteiger partial charge in [-0.05, 0) is 30.3 Å². The van der Waals surface area contributed by atoms with Crippen molar-refractivity contribution in [3.63, 3.8) is 0 Å². The third-order valence-corrected chi connectivity index (χ3v) is 2.85. The van der Waals surface area contributed by atoms with Crippen molar-refractivity contribution < 1.29 is 18.1 Å². The Morgan fingerprint density at radius 1 is 1.44 bits per heavy atom. The molecule has 0 aliphatic heterocycles. The first kappa shape index (κ1) is 13.1. The molecule has 1 aromatic rings. The summed E-state index contributed by atoms with van der Waals surface area (Å²) in [6.45, 7) is 1.48. The van der Waals surface area contributed by atoms with Gasteiger partial charge in [-0.15, -0.1) is 0 Å². The van der Waals surface area contributed by atoms with Crippen molar-refractivity contribution >= 4 is 29.1 Å². The van der Waals surface area contributed by atoms with Crippen LogP contribution in [0.3, 0.4) is 0 Å². The summed E-state index contributed by atoms with van der Waals surface area (Å²) in [5.74, 6) is 0. The maximum Gasteiger partial charge on any atom is 0.446 e. The summed E-state index contributed by atoms with van der Waals surface area (Å²) in [5, 5.41) is 10.6. The highest BCUT2D eigenvalue weighted by molar-refractivity contribution is 8.00. The number of hydrogen-bond acceptors (Lipinski definition) is 3. The predicted molar refractivity (Wildman–Crippen MR) is 54.8 cm³/mol. The fourth-order valence-corrected chi connectivity index (χ4v) is 1.87. The summed E-state index contributed by atoms with van der Waals surface area (Å²) >= 11 is 5.08. The molecule has 1 rings (SSSR count). The molecule has 88 valence electrons. The molecular weight excluding hydrogens is 267 g/mol. The molecule has 0 radical (unpaired) electrons. The standard InChI is InChI=1S/C8H5ClF3NO2S/c1-4-2-7(16-8(10,11)12)6(13(14)15)3-5(4)9/h2-3H,1H3. The monoisotopic (exact) mass is 271 g/mol. The van der Waals surface area contributed by atoms with Crippen LogP contribution >= 0.6 is 23.4 Å². The van der Waals surface area contributed by atoms with E-state index in [-0.39, 0.29) is 5.02 Å². The lowest BCUT2D eigenvalue weighted by Crippen LogP contribution is -2.01. The van der Waals surface area contributed by atoms with Gasteiger partial charge in [0, 0.05) is 6.07 Å². The molecule has 0 fully saturated rings. The Bertz CT molecular complexity index is 436. The van der Waals surface area contributed by atoms with Gasteiger partial charge in [0.25, 0.3) is 5.69 Å². The highest BCUT2D eigenvalue weighted by atomic mass is 35.5. The Kier molecular flexibility index (Phi) is 3.69. The van der Waals surface area contributed by atoms with Crippen LogP contribution in [0.15, 0.2) is 17.0 Å². The maximum absolute atomic E-state index is 12.1. The minimum Gasteiger partial charge on any atom is -0.258 e. The van der Waals surface area contributed by atoms with E-state index in [2.05, 4.69) is 0 Å². The van der Waals surface area contributed by atoms with Gasteiger partial charge in [0.2, 0.25) is 0 Å². The molecule has 8 heteroatoms. The fraction of sp³-hybridized carbons (Fsp3) is 0.250. The van der Waals surface area contributed by atoms with Crippen LogP contribution in [0, 0.1) is 17.0 Å². The minimum atomic E-state index is -4.56. The highest BCUT2D eigenvalue weighted by Crippen LogP contribution is 2.42. The highest BCUT2D eigenvalue weighted by Gasteiger charge is 2.33. The molecule has 0 bridgehead atoms. The van der Waals surface area contributed by atoms with Crippen LogP contribution in [0.5, 0.6) is 0 Å². The number of nitro groups is 1. The maximum atomic E-state index is 12.1. The lowest BCUT2D eigenvalue weighted by atomic mass is 10.2. The van der Waals surface area contributed by atoms with Crippen molar-refractivity contribution in [2.24, 2.45) is 0 Å². The number of thioether (sulfide) groups is 1. The molecule has 16 heavy (non-hydrogen) atoms. The zero-order chi connectivity index (χ0) is 12.5. The Labute approximate surface area is 97.7 Å². The molecule has 0 saturated heterocycles. The lowest BCUT2D eigenvalue weighted by molar-refractivity contribution is -0.387. The number of nitrogens with zero attached hydrogens (tertiary/aromatic N) is 1. The molecule has 0 heterocycles. The molecule has 3 nitrogen and oxygen atoms in total. The molecule has 0 aliphatic rings. The fourth-order valence-electron chi connectivity index (χ4n) is 0.994. The lowest BCUT2D eigenvalue weighted by Gasteiger charge is -2.07. The zero-order valence-electron chi connectivity index (χ0n) is 7.84. The number of hydrogen-bond donors (Lipinski definition) is 0. The molecule has 0 atom stereocenters. The second-order valence-corrected chi connectivity index (χ2v) is 4.39. The molecule has 1 aromatic carbocycles. The van der Waals surface area contributed by atoms with Crippen LogP contribution in [0.4, 0.5) is 18.9 Å². The van der Waals surface area contributed by atoms with Crippen molar-refractivity contribution in [1.29, 1.82) is 0 Å². The van der Waals surface area contributed by atoms with E-state index < -0.39 is 32.8 Å². The van der Waals surface area contributed by atoms with Gasteiger partial charge in [0.1, 0.15) is 0 Å². The van der Waals surface area contributed by atoms with Crippen LogP contribution in [0.2, 0.25) is 5.02 Å². The van der Waals surface area contributed by atoms with Gasteiger partial charge in [0.05, 0.1) is 14.8 Å². The van der Waals surface area contributed by atoms with Crippen LogP contribution in [0.1, 0.15) is 5.56 Å². The summed E-state index contributed by atoms with van der Waals surface area (Å²) in [5.41, 5.74) is -4.85. The average Bonchev–Trinajstić information content (AvgIpc) is 2.07. The third kappa shape index (κ3) is 3.28. The van der Waals surface area contributed by atoms with E-state index in [1.807, 2.05) is 0 Å². The summed E-state index contributed by atoms with van der Waals surface area (Å²) in [7, 11) is 0. The average molecular weight is 272 g/mol. The number of rotatable bonds is 2. The van der Waals surface area contributed by atoms with Crippen molar-refractivity contribution in [1.82, 2.24) is 0 Å². The van der Waals surface area contributed by atoms with Gasteiger partial charge in [0.15, 0.2) is 0 Å². The van der Waals surface area contributed by atoms with Gasteiger partial charge in [-0.25, -0.2) is 0 Å². The topological polar surface area (TPSA) is 43.1 Å². The Morgan fingerprint density at radius 3 is 2.44 bits per heavy atom. The van der Waals surface area contributed by atoms with Crippen molar-refractivity contribution in [3.05, 3.63) is 32.8 Å². The summed E-state index contributed by atoms with van der Waals surface area (Å²) in [6.07, 6.45) is 0. The van der Waals surface area contributed by atoms with E-state index in [9.17, 15) is 23.3 Å². The van der Waals surface area contributed by atoms with E-state index in [0.717, 1.165) is 12.1 Å². The first-order valence-corrected chi connectivity index (χ1v) is 5.10. The Morgan fingerprint density at radius 2 is 2.00 bits per heavy atom. The van der Waals surface area contributed by atoms with Crippen LogP contribution in [-0.4, -0.2) is 10.4 Å². The number of nitro benzene ring substituents is 1. The summed E-state index contributed by atoms with van der Waals surface area (Å²) in [6, 6.07) is 1.98. The second-order valence-electron chi connectivity index (χ2n) is 2.87. The molecule has 0 amide bonds. The number of benzene rings is 1. The Balaban J connectivity index is 3.25. The first-order valence-electron chi connectivity index (χ1n) is 3.91. The van der Waals surface area contributed by atoms with E-state index >= 15 is 0 Å². The van der Waals surface area contributed by atoms with Gasteiger partial charge >= 0.3 is 5.51 Å².